The highest BCUT2D eigenvalue weighted by Crippen LogP contribution is 2.10. The molecule has 2 aromatic carbocycles. The number of hydrogen-bond acceptors (Lipinski definition) is 4. The first-order chi connectivity index (χ1) is 12.0. The highest BCUT2D eigenvalue weighted by atomic mass is 35.5. The van der Waals surface area contributed by atoms with Gasteiger partial charge in [0.25, 0.3) is 0 Å². The molecule has 0 radical (unpaired) electrons. The van der Waals surface area contributed by atoms with Crippen LogP contribution in [0.4, 0.5) is 0 Å². The molecule has 0 saturated heterocycles. The SMILES string of the molecule is CC(=O)N[C@H](Cc1ccccc1)C(=O)OCC(=O)c1ccc(Cl)cc1. The lowest BCUT2D eigenvalue weighted by Gasteiger charge is -2.16. The second kappa shape index (κ2) is 8.99. The first-order valence-corrected chi connectivity index (χ1v) is 8.10. The van der Waals surface area contributed by atoms with Crippen molar-refractivity contribution in [3.63, 3.8) is 0 Å². The minimum absolute atomic E-state index is 0.286. The van der Waals surface area contributed by atoms with Crippen LogP contribution in [0.1, 0.15) is 22.8 Å². The lowest BCUT2D eigenvalue weighted by atomic mass is 10.1. The number of amides is 1. The third kappa shape index (κ3) is 6.04. The summed E-state index contributed by atoms with van der Waals surface area (Å²) in [5.74, 6) is -1.34. The average Bonchev–Trinajstić information content (AvgIpc) is 2.60. The van der Waals surface area contributed by atoms with Crippen molar-refractivity contribution in [3.05, 3.63) is 70.7 Å². The maximum atomic E-state index is 12.3. The quantitative estimate of drug-likeness (QED) is 0.609. The van der Waals surface area contributed by atoms with Gasteiger partial charge in [0.2, 0.25) is 5.91 Å². The van der Waals surface area contributed by atoms with Crippen LogP contribution in [0.25, 0.3) is 0 Å². The van der Waals surface area contributed by atoms with Gasteiger partial charge >= 0.3 is 5.97 Å². The summed E-state index contributed by atoms with van der Waals surface area (Å²) in [5.41, 5.74) is 1.28. The van der Waals surface area contributed by atoms with Gasteiger partial charge < -0.3 is 10.1 Å². The summed E-state index contributed by atoms with van der Waals surface area (Å²) in [4.78, 5) is 35.7. The predicted molar refractivity (Wildman–Crippen MR) is 94.5 cm³/mol. The highest BCUT2D eigenvalue weighted by Gasteiger charge is 2.22. The number of nitrogens with one attached hydrogen (secondary N) is 1. The van der Waals surface area contributed by atoms with Crippen LogP contribution in [0.5, 0.6) is 0 Å². The fourth-order valence-corrected chi connectivity index (χ4v) is 2.37. The molecule has 25 heavy (non-hydrogen) atoms. The molecular formula is C19H18ClNO4. The number of esters is 1. The van der Waals surface area contributed by atoms with Crippen LogP contribution < -0.4 is 5.32 Å². The Morgan fingerprint density at radius 1 is 1.04 bits per heavy atom. The number of carbonyl (C=O) groups is 3. The van der Waals surface area contributed by atoms with E-state index in [2.05, 4.69) is 5.32 Å². The number of Topliss-reactive ketones (excluding diaryl/α,β-unsaturated/α-hetero) is 1. The van der Waals surface area contributed by atoms with E-state index in [1.54, 1.807) is 24.3 Å². The summed E-state index contributed by atoms with van der Waals surface area (Å²) in [6.45, 7) is 0.926. The fraction of sp³-hybridized carbons (Fsp3) is 0.211. The Kier molecular flexibility index (Phi) is 6.71. The lowest BCUT2D eigenvalue weighted by molar-refractivity contribution is -0.146. The topological polar surface area (TPSA) is 72.5 Å². The van der Waals surface area contributed by atoms with Crippen molar-refractivity contribution >= 4 is 29.3 Å². The number of rotatable bonds is 7. The number of halogens is 1. The van der Waals surface area contributed by atoms with Crippen LogP contribution in [0, 0.1) is 0 Å². The van der Waals surface area contributed by atoms with Gasteiger partial charge in [-0.05, 0) is 29.8 Å². The summed E-state index contributed by atoms with van der Waals surface area (Å²) in [7, 11) is 0. The number of ketones is 1. The van der Waals surface area contributed by atoms with Crippen LogP contribution >= 0.6 is 11.6 Å². The van der Waals surface area contributed by atoms with Gasteiger partial charge in [0.1, 0.15) is 6.04 Å². The summed E-state index contributed by atoms with van der Waals surface area (Å²) < 4.78 is 5.09. The van der Waals surface area contributed by atoms with Gasteiger partial charge in [-0.2, -0.15) is 0 Å². The van der Waals surface area contributed by atoms with Crippen LogP contribution in [0.2, 0.25) is 5.02 Å². The van der Waals surface area contributed by atoms with E-state index >= 15 is 0 Å². The van der Waals surface area contributed by atoms with E-state index in [9.17, 15) is 14.4 Å². The molecule has 0 spiro atoms. The molecule has 0 aliphatic heterocycles. The van der Waals surface area contributed by atoms with Gasteiger partial charge in [0.05, 0.1) is 0 Å². The number of ether oxygens (including phenoxy) is 1. The third-order valence-corrected chi connectivity index (χ3v) is 3.71. The van der Waals surface area contributed by atoms with Crippen LogP contribution in [0.3, 0.4) is 0 Å². The zero-order valence-corrected chi connectivity index (χ0v) is 14.5. The van der Waals surface area contributed by atoms with E-state index < -0.39 is 18.6 Å². The van der Waals surface area contributed by atoms with Crippen molar-refractivity contribution in [2.24, 2.45) is 0 Å². The van der Waals surface area contributed by atoms with E-state index in [0.29, 0.717) is 10.6 Å². The van der Waals surface area contributed by atoms with Gasteiger partial charge in [-0.15, -0.1) is 0 Å². The summed E-state index contributed by atoms with van der Waals surface area (Å²) >= 11 is 5.77. The first kappa shape index (κ1) is 18.7. The van der Waals surface area contributed by atoms with E-state index in [1.165, 1.54) is 6.92 Å². The maximum absolute atomic E-state index is 12.3. The number of carbonyl (C=O) groups excluding carboxylic acids is 3. The maximum Gasteiger partial charge on any atom is 0.329 e. The molecule has 0 aliphatic rings. The van der Waals surface area contributed by atoms with E-state index in [-0.39, 0.29) is 18.1 Å². The molecule has 1 N–H and O–H groups in total. The van der Waals surface area contributed by atoms with Crippen LogP contribution in [-0.2, 0) is 20.7 Å². The standard InChI is InChI=1S/C19H18ClNO4/c1-13(22)21-17(11-14-5-3-2-4-6-14)19(24)25-12-18(23)15-7-9-16(20)10-8-15/h2-10,17H,11-12H2,1H3,(H,21,22)/t17-/m1/s1. The molecule has 2 aromatic rings. The molecule has 0 unspecified atom stereocenters. The predicted octanol–water partition coefficient (Wildman–Crippen LogP) is 2.81. The minimum atomic E-state index is -0.849. The molecule has 1 atom stereocenters. The summed E-state index contributed by atoms with van der Waals surface area (Å²) in [6.07, 6.45) is 0.286. The minimum Gasteiger partial charge on any atom is -0.456 e. The zero-order valence-electron chi connectivity index (χ0n) is 13.7. The van der Waals surface area contributed by atoms with Crippen molar-refractivity contribution in [3.8, 4) is 0 Å². The molecule has 2 rings (SSSR count). The average molecular weight is 360 g/mol. The molecule has 130 valence electrons. The second-order valence-corrected chi connectivity index (χ2v) is 5.92. The monoisotopic (exact) mass is 359 g/mol. The molecule has 0 fully saturated rings. The normalized spacial score (nSPS) is 11.4. The Hall–Kier alpha value is -2.66. The third-order valence-electron chi connectivity index (χ3n) is 3.46. The first-order valence-electron chi connectivity index (χ1n) is 7.72. The molecule has 0 saturated carbocycles. The fourth-order valence-electron chi connectivity index (χ4n) is 2.24. The Labute approximate surface area is 150 Å². The van der Waals surface area contributed by atoms with Crippen molar-refractivity contribution in [2.45, 2.75) is 19.4 Å². The Bertz CT molecular complexity index is 744. The van der Waals surface area contributed by atoms with E-state index in [0.717, 1.165) is 5.56 Å². The zero-order chi connectivity index (χ0) is 18.2. The van der Waals surface area contributed by atoms with E-state index in [4.69, 9.17) is 16.3 Å². The Balaban J connectivity index is 1.97. The molecule has 1 amide bonds. The van der Waals surface area contributed by atoms with Gasteiger partial charge in [-0.3, -0.25) is 9.59 Å². The Morgan fingerprint density at radius 3 is 2.28 bits per heavy atom. The smallest absolute Gasteiger partial charge is 0.329 e. The molecule has 0 aromatic heterocycles. The van der Waals surface area contributed by atoms with Crippen molar-refractivity contribution in [1.29, 1.82) is 0 Å². The second-order valence-electron chi connectivity index (χ2n) is 5.48. The van der Waals surface area contributed by atoms with Gasteiger partial charge in [-0.1, -0.05) is 41.9 Å². The Morgan fingerprint density at radius 2 is 1.68 bits per heavy atom. The van der Waals surface area contributed by atoms with Gasteiger partial charge in [0.15, 0.2) is 12.4 Å². The number of hydrogen-bond donors (Lipinski definition) is 1. The number of benzene rings is 2. The van der Waals surface area contributed by atoms with Gasteiger partial charge in [0, 0.05) is 23.9 Å². The molecular weight excluding hydrogens is 342 g/mol. The largest absolute Gasteiger partial charge is 0.456 e. The van der Waals surface area contributed by atoms with Crippen molar-refractivity contribution < 1.29 is 19.1 Å². The van der Waals surface area contributed by atoms with Gasteiger partial charge in [-0.25, -0.2) is 4.79 Å². The van der Waals surface area contributed by atoms with Crippen molar-refractivity contribution in [2.75, 3.05) is 6.61 Å². The summed E-state index contributed by atoms with van der Waals surface area (Å²) in [6, 6.07) is 14.7. The van der Waals surface area contributed by atoms with E-state index in [1.807, 2.05) is 30.3 Å². The molecule has 0 aliphatic carbocycles. The van der Waals surface area contributed by atoms with Crippen molar-refractivity contribution in [1.82, 2.24) is 5.32 Å². The lowest BCUT2D eigenvalue weighted by Crippen LogP contribution is -2.42. The summed E-state index contributed by atoms with van der Waals surface area (Å²) in [5, 5.41) is 3.07. The highest BCUT2D eigenvalue weighted by molar-refractivity contribution is 6.30. The van der Waals surface area contributed by atoms with Crippen LogP contribution in [0.15, 0.2) is 54.6 Å². The molecule has 5 nitrogen and oxygen atoms in total. The molecule has 6 heteroatoms. The molecule has 0 bridgehead atoms. The molecule has 0 heterocycles. The van der Waals surface area contributed by atoms with Crippen LogP contribution in [-0.4, -0.2) is 30.3 Å².